The van der Waals surface area contributed by atoms with Crippen molar-refractivity contribution in [2.45, 2.75) is 19.8 Å². The zero-order valence-corrected chi connectivity index (χ0v) is 13.2. The van der Waals surface area contributed by atoms with Crippen LogP contribution in [-0.4, -0.2) is 33.6 Å². The Labute approximate surface area is 134 Å². The highest BCUT2D eigenvalue weighted by atomic mass is 16.5. The summed E-state index contributed by atoms with van der Waals surface area (Å²) in [5.41, 5.74) is 3.79. The van der Waals surface area contributed by atoms with Gasteiger partial charge in [0.1, 0.15) is 11.6 Å². The van der Waals surface area contributed by atoms with E-state index in [1.165, 1.54) is 5.56 Å². The maximum Gasteiger partial charge on any atom is 0.183 e. The lowest BCUT2D eigenvalue weighted by molar-refractivity contribution is 0.414. The second kappa shape index (κ2) is 5.46. The zero-order valence-electron chi connectivity index (χ0n) is 13.2. The third kappa shape index (κ3) is 2.36. The van der Waals surface area contributed by atoms with Gasteiger partial charge in [-0.25, -0.2) is 19.9 Å². The SMILES string of the molecule is COc1ccc2c(c1)CCCN2c1nc(C)nc2nccnc12. The highest BCUT2D eigenvalue weighted by Crippen LogP contribution is 2.36. The Morgan fingerprint density at radius 2 is 2.00 bits per heavy atom. The van der Waals surface area contributed by atoms with Gasteiger partial charge >= 0.3 is 0 Å². The van der Waals surface area contributed by atoms with Gasteiger partial charge in [0.25, 0.3) is 0 Å². The standard InChI is InChI=1S/C17H17N5O/c1-11-20-16-15(18-7-8-19-16)17(21-11)22-9-3-4-12-10-13(23-2)5-6-14(12)22/h5-8,10H,3-4,9H2,1-2H3. The first-order valence-electron chi connectivity index (χ1n) is 7.66. The normalized spacial score (nSPS) is 13.9. The molecule has 4 rings (SSSR count). The van der Waals surface area contributed by atoms with E-state index in [-0.39, 0.29) is 0 Å². The van der Waals surface area contributed by atoms with E-state index in [9.17, 15) is 0 Å². The summed E-state index contributed by atoms with van der Waals surface area (Å²) >= 11 is 0. The first-order valence-corrected chi connectivity index (χ1v) is 7.66. The maximum atomic E-state index is 5.34. The Morgan fingerprint density at radius 1 is 1.13 bits per heavy atom. The van der Waals surface area contributed by atoms with E-state index < -0.39 is 0 Å². The molecule has 0 saturated carbocycles. The molecule has 3 aromatic rings. The van der Waals surface area contributed by atoms with Crippen LogP contribution in [0.5, 0.6) is 5.75 Å². The minimum absolute atomic E-state index is 0.635. The van der Waals surface area contributed by atoms with Crippen molar-refractivity contribution < 1.29 is 4.74 Å². The number of rotatable bonds is 2. The van der Waals surface area contributed by atoms with Crippen LogP contribution >= 0.6 is 0 Å². The summed E-state index contributed by atoms with van der Waals surface area (Å²) in [6.07, 6.45) is 5.44. The molecular formula is C17H17N5O. The van der Waals surface area contributed by atoms with Crippen LogP contribution in [0.1, 0.15) is 17.8 Å². The van der Waals surface area contributed by atoms with Gasteiger partial charge in [-0.2, -0.15) is 0 Å². The summed E-state index contributed by atoms with van der Waals surface area (Å²) in [5, 5.41) is 0. The van der Waals surface area contributed by atoms with Gasteiger partial charge in [-0.1, -0.05) is 0 Å². The topological polar surface area (TPSA) is 64.0 Å². The largest absolute Gasteiger partial charge is 0.497 e. The van der Waals surface area contributed by atoms with Crippen molar-refractivity contribution in [1.29, 1.82) is 0 Å². The quantitative estimate of drug-likeness (QED) is 0.725. The van der Waals surface area contributed by atoms with E-state index in [1.807, 2.05) is 13.0 Å². The lowest BCUT2D eigenvalue weighted by atomic mass is 10.0. The van der Waals surface area contributed by atoms with E-state index in [0.717, 1.165) is 42.2 Å². The van der Waals surface area contributed by atoms with Crippen molar-refractivity contribution in [1.82, 2.24) is 19.9 Å². The van der Waals surface area contributed by atoms with Gasteiger partial charge in [0, 0.05) is 24.6 Å². The number of aryl methyl sites for hydroxylation is 2. The predicted molar refractivity (Wildman–Crippen MR) is 88.2 cm³/mol. The lowest BCUT2D eigenvalue weighted by Gasteiger charge is -2.31. The van der Waals surface area contributed by atoms with Crippen LogP contribution in [0.2, 0.25) is 0 Å². The van der Waals surface area contributed by atoms with Crippen molar-refractivity contribution in [3.8, 4) is 5.75 Å². The van der Waals surface area contributed by atoms with Crippen molar-refractivity contribution in [2.24, 2.45) is 0 Å². The number of ether oxygens (including phenoxy) is 1. The van der Waals surface area contributed by atoms with Crippen LogP contribution in [-0.2, 0) is 6.42 Å². The zero-order chi connectivity index (χ0) is 15.8. The molecule has 0 bridgehead atoms. The number of benzene rings is 1. The minimum atomic E-state index is 0.635. The third-order valence-electron chi connectivity index (χ3n) is 4.09. The van der Waals surface area contributed by atoms with E-state index in [2.05, 4.69) is 37.0 Å². The molecule has 1 aliphatic heterocycles. The summed E-state index contributed by atoms with van der Waals surface area (Å²) in [4.78, 5) is 20.0. The van der Waals surface area contributed by atoms with Crippen molar-refractivity contribution >= 4 is 22.7 Å². The molecule has 116 valence electrons. The number of methoxy groups -OCH3 is 1. The predicted octanol–water partition coefficient (Wildman–Crippen LogP) is 2.82. The fourth-order valence-electron chi connectivity index (χ4n) is 3.06. The van der Waals surface area contributed by atoms with Gasteiger partial charge in [-0.15, -0.1) is 0 Å². The molecule has 0 unspecified atom stereocenters. The Hall–Kier alpha value is -2.76. The summed E-state index contributed by atoms with van der Waals surface area (Å²) < 4.78 is 5.34. The number of anilines is 2. The molecule has 0 radical (unpaired) electrons. The van der Waals surface area contributed by atoms with Crippen molar-refractivity contribution in [3.63, 3.8) is 0 Å². The molecule has 6 nitrogen and oxygen atoms in total. The number of fused-ring (bicyclic) bond motifs is 2. The molecule has 0 amide bonds. The minimum Gasteiger partial charge on any atom is -0.497 e. The van der Waals surface area contributed by atoms with Gasteiger partial charge in [0.2, 0.25) is 0 Å². The third-order valence-corrected chi connectivity index (χ3v) is 4.09. The molecule has 3 heterocycles. The smallest absolute Gasteiger partial charge is 0.183 e. The van der Waals surface area contributed by atoms with Crippen LogP contribution in [0.25, 0.3) is 11.2 Å². The molecule has 6 heteroatoms. The number of nitrogens with zero attached hydrogens (tertiary/aromatic N) is 5. The molecule has 0 fully saturated rings. The average molecular weight is 307 g/mol. The number of hydrogen-bond acceptors (Lipinski definition) is 6. The first kappa shape index (κ1) is 13.9. The molecule has 0 saturated heterocycles. The van der Waals surface area contributed by atoms with Gasteiger partial charge in [0.15, 0.2) is 17.0 Å². The Morgan fingerprint density at radius 3 is 2.87 bits per heavy atom. The molecular weight excluding hydrogens is 290 g/mol. The van der Waals surface area contributed by atoms with E-state index in [0.29, 0.717) is 11.5 Å². The molecule has 0 N–H and O–H groups in total. The monoisotopic (exact) mass is 307 g/mol. The van der Waals surface area contributed by atoms with E-state index in [4.69, 9.17) is 4.74 Å². The van der Waals surface area contributed by atoms with Gasteiger partial charge in [0.05, 0.1) is 7.11 Å². The van der Waals surface area contributed by atoms with Crippen molar-refractivity contribution in [2.75, 3.05) is 18.6 Å². The van der Waals surface area contributed by atoms with Crippen LogP contribution in [0.3, 0.4) is 0 Å². The first-order chi connectivity index (χ1) is 11.3. The molecule has 0 atom stereocenters. The van der Waals surface area contributed by atoms with Crippen molar-refractivity contribution in [3.05, 3.63) is 42.0 Å². The Balaban J connectivity index is 1.90. The second-order valence-electron chi connectivity index (χ2n) is 5.57. The second-order valence-corrected chi connectivity index (χ2v) is 5.57. The van der Waals surface area contributed by atoms with E-state index >= 15 is 0 Å². The van der Waals surface area contributed by atoms with Crippen LogP contribution < -0.4 is 9.64 Å². The van der Waals surface area contributed by atoms with Crippen LogP contribution in [0.4, 0.5) is 11.5 Å². The van der Waals surface area contributed by atoms with E-state index in [1.54, 1.807) is 19.5 Å². The van der Waals surface area contributed by atoms with Gasteiger partial charge in [-0.3, -0.25) is 0 Å². The molecule has 2 aromatic heterocycles. The fourth-order valence-corrected chi connectivity index (χ4v) is 3.06. The van der Waals surface area contributed by atoms with Gasteiger partial charge in [-0.05, 0) is 43.5 Å². The lowest BCUT2D eigenvalue weighted by Crippen LogP contribution is -2.26. The van der Waals surface area contributed by atoms with Gasteiger partial charge < -0.3 is 9.64 Å². The summed E-state index contributed by atoms with van der Waals surface area (Å²) in [6, 6.07) is 6.18. The summed E-state index contributed by atoms with van der Waals surface area (Å²) in [7, 11) is 1.69. The molecule has 1 aromatic carbocycles. The van der Waals surface area contributed by atoms with Crippen LogP contribution in [0.15, 0.2) is 30.6 Å². The molecule has 1 aliphatic rings. The molecule has 0 spiro atoms. The molecule has 0 aliphatic carbocycles. The van der Waals surface area contributed by atoms with Crippen LogP contribution in [0, 0.1) is 6.92 Å². The maximum absolute atomic E-state index is 5.34. The number of hydrogen-bond donors (Lipinski definition) is 0. The molecule has 23 heavy (non-hydrogen) atoms. The Kier molecular flexibility index (Phi) is 3.29. The highest BCUT2D eigenvalue weighted by molar-refractivity contribution is 5.86. The highest BCUT2D eigenvalue weighted by Gasteiger charge is 2.23. The Bertz CT molecular complexity index is 880. The summed E-state index contributed by atoms with van der Waals surface area (Å²) in [6.45, 7) is 2.79. The summed E-state index contributed by atoms with van der Waals surface area (Å²) in [5.74, 6) is 2.41. The fraction of sp³-hybridized carbons (Fsp3) is 0.294. The average Bonchev–Trinajstić information content (AvgIpc) is 2.60. The number of aromatic nitrogens is 4.